The van der Waals surface area contributed by atoms with E-state index < -0.39 is 0 Å². The number of aryl methyl sites for hydroxylation is 1. The lowest BCUT2D eigenvalue weighted by Crippen LogP contribution is -2.17. The van der Waals surface area contributed by atoms with Crippen LogP contribution in [-0.2, 0) is 0 Å². The summed E-state index contributed by atoms with van der Waals surface area (Å²) in [6, 6.07) is 5.74. The third-order valence-electron chi connectivity index (χ3n) is 3.29. The van der Waals surface area contributed by atoms with Crippen molar-refractivity contribution in [2.75, 3.05) is 7.11 Å². The SMILES string of the molecule is COc1ccc2[nH]cc(/C=N/NC(=O)c3csnc3C)c2c1. The Labute approximate surface area is 131 Å². The Balaban J connectivity index is 1.78. The molecule has 0 aliphatic carbocycles. The zero-order valence-electron chi connectivity index (χ0n) is 12.1. The zero-order valence-corrected chi connectivity index (χ0v) is 12.9. The molecule has 0 saturated carbocycles. The van der Waals surface area contributed by atoms with Gasteiger partial charge in [-0.05, 0) is 36.7 Å². The number of fused-ring (bicyclic) bond motifs is 1. The van der Waals surface area contributed by atoms with Gasteiger partial charge in [-0.25, -0.2) is 5.43 Å². The first kappa shape index (κ1) is 14.3. The number of H-pyrrole nitrogens is 1. The van der Waals surface area contributed by atoms with Gasteiger partial charge in [-0.1, -0.05) is 0 Å². The van der Waals surface area contributed by atoms with Crippen molar-refractivity contribution in [1.29, 1.82) is 0 Å². The van der Waals surface area contributed by atoms with E-state index in [1.54, 1.807) is 25.6 Å². The third kappa shape index (κ3) is 2.71. The minimum atomic E-state index is -0.264. The number of ether oxygens (including phenoxy) is 1. The van der Waals surface area contributed by atoms with Crippen molar-refractivity contribution in [1.82, 2.24) is 14.8 Å². The Morgan fingerprint density at radius 3 is 3.09 bits per heavy atom. The number of carbonyl (C=O) groups excluding carboxylic acids is 1. The second-order valence-corrected chi connectivity index (χ2v) is 5.30. The van der Waals surface area contributed by atoms with Crippen molar-refractivity contribution < 1.29 is 9.53 Å². The predicted molar refractivity (Wildman–Crippen MR) is 86.8 cm³/mol. The van der Waals surface area contributed by atoms with E-state index in [4.69, 9.17) is 4.74 Å². The maximum atomic E-state index is 11.9. The number of benzene rings is 1. The van der Waals surface area contributed by atoms with Crippen molar-refractivity contribution in [2.45, 2.75) is 6.92 Å². The van der Waals surface area contributed by atoms with Crippen LogP contribution in [0.4, 0.5) is 0 Å². The summed E-state index contributed by atoms with van der Waals surface area (Å²) in [5.74, 6) is 0.505. The summed E-state index contributed by atoms with van der Waals surface area (Å²) in [4.78, 5) is 15.1. The molecule has 2 heterocycles. The Kier molecular flexibility index (Phi) is 3.88. The van der Waals surface area contributed by atoms with Crippen molar-refractivity contribution in [3.63, 3.8) is 0 Å². The van der Waals surface area contributed by atoms with Gasteiger partial charge in [0.15, 0.2) is 0 Å². The monoisotopic (exact) mass is 314 g/mol. The van der Waals surface area contributed by atoms with Gasteiger partial charge < -0.3 is 9.72 Å². The molecule has 1 amide bonds. The highest BCUT2D eigenvalue weighted by Gasteiger charge is 2.10. The predicted octanol–water partition coefficient (Wildman–Crippen LogP) is 2.71. The number of amides is 1. The molecule has 3 aromatic rings. The average molecular weight is 314 g/mol. The number of aromatic amines is 1. The van der Waals surface area contributed by atoms with Crippen LogP contribution in [-0.4, -0.2) is 28.6 Å². The second-order valence-electron chi connectivity index (χ2n) is 4.67. The van der Waals surface area contributed by atoms with E-state index in [1.165, 1.54) is 11.5 Å². The molecule has 1 aromatic carbocycles. The Morgan fingerprint density at radius 2 is 2.36 bits per heavy atom. The fourth-order valence-corrected chi connectivity index (χ4v) is 2.78. The molecule has 0 atom stereocenters. The molecule has 7 heteroatoms. The van der Waals surface area contributed by atoms with E-state index in [9.17, 15) is 4.79 Å². The van der Waals surface area contributed by atoms with E-state index >= 15 is 0 Å². The smallest absolute Gasteiger partial charge is 0.274 e. The fourth-order valence-electron chi connectivity index (χ4n) is 2.09. The minimum absolute atomic E-state index is 0.264. The van der Waals surface area contributed by atoms with Crippen LogP contribution in [0.15, 0.2) is 34.9 Å². The highest BCUT2D eigenvalue weighted by molar-refractivity contribution is 7.03. The molecular formula is C15H14N4O2S. The molecular weight excluding hydrogens is 300 g/mol. The molecule has 2 N–H and O–H groups in total. The number of hydrazone groups is 1. The summed E-state index contributed by atoms with van der Waals surface area (Å²) < 4.78 is 9.28. The number of aromatic nitrogens is 2. The van der Waals surface area contributed by atoms with Gasteiger partial charge in [-0.3, -0.25) is 4.79 Å². The summed E-state index contributed by atoms with van der Waals surface area (Å²) >= 11 is 1.25. The molecule has 22 heavy (non-hydrogen) atoms. The summed E-state index contributed by atoms with van der Waals surface area (Å²) in [6.45, 7) is 1.79. The topological polar surface area (TPSA) is 79.4 Å². The zero-order chi connectivity index (χ0) is 15.5. The Morgan fingerprint density at radius 1 is 1.50 bits per heavy atom. The number of hydrogen-bond donors (Lipinski definition) is 2. The van der Waals surface area contributed by atoms with Crippen molar-refractivity contribution >= 4 is 34.6 Å². The maximum Gasteiger partial charge on any atom is 0.274 e. The van der Waals surface area contributed by atoms with Crippen LogP contribution in [0.3, 0.4) is 0 Å². The molecule has 0 radical (unpaired) electrons. The first-order chi connectivity index (χ1) is 10.7. The quantitative estimate of drug-likeness (QED) is 0.574. The van der Waals surface area contributed by atoms with Gasteiger partial charge in [0, 0.05) is 28.0 Å². The van der Waals surface area contributed by atoms with Crippen LogP contribution in [0.25, 0.3) is 10.9 Å². The van der Waals surface area contributed by atoms with Crippen LogP contribution >= 0.6 is 11.5 Å². The first-order valence-corrected chi connectivity index (χ1v) is 7.42. The Hall–Kier alpha value is -2.67. The lowest BCUT2D eigenvalue weighted by molar-refractivity contribution is 0.0955. The first-order valence-electron chi connectivity index (χ1n) is 6.58. The normalized spacial score (nSPS) is 11.2. The van der Waals surface area contributed by atoms with Crippen molar-refractivity contribution in [3.8, 4) is 5.75 Å². The molecule has 0 bridgehead atoms. The van der Waals surface area contributed by atoms with Gasteiger partial charge in [0.2, 0.25) is 0 Å². The highest BCUT2D eigenvalue weighted by atomic mass is 32.1. The van der Waals surface area contributed by atoms with E-state index in [-0.39, 0.29) is 5.91 Å². The number of carbonyl (C=O) groups is 1. The third-order valence-corrected chi connectivity index (χ3v) is 4.01. The standard InChI is InChI=1S/C15H14N4O2S/c1-9-13(8-22-19-9)15(20)18-17-7-10-6-16-14-4-3-11(21-2)5-12(10)14/h3-8,16H,1-2H3,(H,18,20)/b17-7+. The van der Waals surface area contributed by atoms with Gasteiger partial charge in [0.05, 0.1) is 24.6 Å². The molecule has 0 fully saturated rings. The molecule has 2 aromatic heterocycles. The fraction of sp³-hybridized carbons (Fsp3) is 0.133. The number of hydrogen-bond acceptors (Lipinski definition) is 5. The Bertz CT molecular complexity index is 850. The maximum absolute atomic E-state index is 11.9. The summed E-state index contributed by atoms with van der Waals surface area (Å²) in [5, 5.41) is 6.69. The van der Waals surface area contributed by atoms with Crippen LogP contribution in [0.1, 0.15) is 21.6 Å². The van der Waals surface area contributed by atoms with Crippen LogP contribution in [0, 0.1) is 6.92 Å². The largest absolute Gasteiger partial charge is 0.497 e. The summed E-state index contributed by atoms with van der Waals surface area (Å²) in [5.41, 5.74) is 5.60. The molecule has 0 aliphatic heterocycles. The van der Waals surface area contributed by atoms with Gasteiger partial charge >= 0.3 is 0 Å². The van der Waals surface area contributed by atoms with E-state index in [0.717, 1.165) is 22.2 Å². The average Bonchev–Trinajstić information content (AvgIpc) is 3.13. The van der Waals surface area contributed by atoms with Gasteiger partial charge in [-0.2, -0.15) is 9.47 Å². The van der Waals surface area contributed by atoms with Crippen molar-refractivity contribution in [2.24, 2.45) is 5.10 Å². The number of rotatable bonds is 4. The molecule has 112 valence electrons. The molecule has 0 aliphatic rings. The van der Waals surface area contributed by atoms with E-state index in [0.29, 0.717) is 11.3 Å². The molecule has 0 saturated heterocycles. The number of nitrogens with zero attached hydrogens (tertiary/aromatic N) is 2. The number of methoxy groups -OCH3 is 1. The lowest BCUT2D eigenvalue weighted by atomic mass is 10.2. The number of nitrogens with one attached hydrogen (secondary N) is 2. The van der Waals surface area contributed by atoms with E-state index in [2.05, 4.69) is 19.9 Å². The van der Waals surface area contributed by atoms with Crippen LogP contribution < -0.4 is 10.2 Å². The van der Waals surface area contributed by atoms with Gasteiger partial charge in [0.1, 0.15) is 5.75 Å². The van der Waals surface area contributed by atoms with Gasteiger partial charge in [-0.15, -0.1) is 0 Å². The summed E-state index contributed by atoms with van der Waals surface area (Å²) in [6.07, 6.45) is 3.43. The molecule has 0 unspecified atom stereocenters. The van der Waals surface area contributed by atoms with Crippen molar-refractivity contribution in [3.05, 3.63) is 46.6 Å². The van der Waals surface area contributed by atoms with Crippen LogP contribution in [0.2, 0.25) is 0 Å². The highest BCUT2D eigenvalue weighted by Crippen LogP contribution is 2.22. The minimum Gasteiger partial charge on any atom is -0.497 e. The van der Waals surface area contributed by atoms with Crippen LogP contribution in [0.5, 0.6) is 5.75 Å². The van der Waals surface area contributed by atoms with E-state index in [1.807, 2.05) is 24.4 Å². The second kappa shape index (κ2) is 5.98. The summed E-state index contributed by atoms with van der Waals surface area (Å²) in [7, 11) is 1.62. The molecule has 3 rings (SSSR count). The lowest BCUT2D eigenvalue weighted by Gasteiger charge is -1.99. The molecule has 0 spiro atoms. The van der Waals surface area contributed by atoms with Gasteiger partial charge in [0.25, 0.3) is 5.91 Å². The molecule has 6 nitrogen and oxygen atoms in total.